The Morgan fingerprint density at radius 3 is 3.00 bits per heavy atom. The fourth-order valence-electron chi connectivity index (χ4n) is 1.41. The molecule has 0 saturated carbocycles. The van der Waals surface area contributed by atoms with E-state index in [-0.39, 0.29) is 0 Å². The summed E-state index contributed by atoms with van der Waals surface area (Å²) in [5.41, 5.74) is 1.47. The summed E-state index contributed by atoms with van der Waals surface area (Å²) in [6.45, 7) is 1.56. The molecule has 0 aliphatic rings. The molecule has 6 nitrogen and oxygen atoms in total. The average molecular weight is 220 g/mol. The van der Waals surface area contributed by atoms with Crippen molar-refractivity contribution in [3.8, 4) is 0 Å². The second-order valence-corrected chi connectivity index (χ2v) is 3.54. The quantitative estimate of drug-likeness (QED) is 0.801. The van der Waals surface area contributed by atoms with Gasteiger partial charge in [0.05, 0.1) is 0 Å². The van der Waals surface area contributed by atoms with Crippen LogP contribution in [0.25, 0.3) is 11.2 Å². The van der Waals surface area contributed by atoms with Crippen molar-refractivity contribution in [1.82, 2.24) is 14.5 Å². The van der Waals surface area contributed by atoms with Gasteiger partial charge in [-0.3, -0.25) is 9.36 Å². The molecule has 0 bridgehead atoms. The number of nitrogens with zero attached hydrogens (tertiary/aromatic N) is 3. The number of hydrogen-bond donors (Lipinski definition) is 2. The molecule has 16 heavy (non-hydrogen) atoms. The third-order valence-corrected chi connectivity index (χ3v) is 2.34. The Bertz CT molecular complexity index is 535. The third kappa shape index (κ3) is 1.69. The minimum atomic E-state index is -0.917. The minimum absolute atomic E-state index is 0.503. The van der Waals surface area contributed by atoms with Crippen molar-refractivity contribution >= 4 is 23.1 Å². The zero-order valence-electron chi connectivity index (χ0n) is 9.01. The minimum Gasteiger partial charge on any atom is -0.480 e. The Kier molecular flexibility index (Phi) is 2.47. The van der Waals surface area contributed by atoms with Crippen LogP contribution < -0.4 is 5.32 Å². The van der Waals surface area contributed by atoms with Crippen molar-refractivity contribution in [1.29, 1.82) is 0 Å². The molecule has 0 aliphatic carbocycles. The highest BCUT2D eigenvalue weighted by molar-refractivity contribution is 5.78. The van der Waals surface area contributed by atoms with Crippen molar-refractivity contribution in [3.63, 3.8) is 0 Å². The lowest BCUT2D eigenvalue weighted by Gasteiger charge is -2.09. The molecule has 0 saturated heterocycles. The molecule has 84 valence electrons. The number of carboxylic acid groups (broad SMARTS) is 1. The third-order valence-electron chi connectivity index (χ3n) is 2.34. The number of carbonyl (C=O) groups is 1. The molecule has 6 heteroatoms. The Balaban J connectivity index is 2.38. The molecule has 0 spiro atoms. The van der Waals surface area contributed by atoms with E-state index < -0.39 is 12.0 Å². The normalized spacial score (nSPS) is 12.6. The first-order valence-electron chi connectivity index (χ1n) is 4.86. The van der Waals surface area contributed by atoms with Crippen LogP contribution in [0.2, 0.25) is 0 Å². The van der Waals surface area contributed by atoms with E-state index in [1.54, 1.807) is 30.8 Å². The standard InChI is InChI=1S/C10H12N4O2/c1-6(9(15)16)12-10-13-7-4-3-5-11-8(7)14(10)2/h3-6H,1-2H3,(H,12,13)(H,15,16). The zero-order valence-corrected chi connectivity index (χ0v) is 9.01. The van der Waals surface area contributed by atoms with Crippen LogP contribution in [0, 0.1) is 0 Å². The van der Waals surface area contributed by atoms with E-state index in [2.05, 4.69) is 15.3 Å². The Morgan fingerprint density at radius 1 is 1.62 bits per heavy atom. The smallest absolute Gasteiger partial charge is 0.325 e. The number of hydrogen-bond acceptors (Lipinski definition) is 4. The molecule has 0 aromatic carbocycles. The summed E-state index contributed by atoms with van der Waals surface area (Å²) in [7, 11) is 1.79. The number of aromatic nitrogens is 3. The number of rotatable bonds is 3. The largest absolute Gasteiger partial charge is 0.480 e. The number of carboxylic acids is 1. The number of aliphatic carboxylic acids is 1. The summed E-state index contributed by atoms with van der Waals surface area (Å²) in [6.07, 6.45) is 1.68. The number of imidazole rings is 1. The lowest BCUT2D eigenvalue weighted by atomic mass is 10.3. The molecule has 1 atom stereocenters. The lowest BCUT2D eigenvalue weighted by molar-refractivity contribution is -0.137. The zero-order chi connectivity index (χ0) is 11.7. The Hall–Kier alpha value is -2.11. The van der Waals surface area contributed by atoms with Crippen LogP contribution in [-0.2, 0) is 11.8 Å². The summed E-state index contributed by atoms with van der Waals surface area (Å²) in [5, 5.41) is 11.6. The molecule has 2 rings (SSSR count). The number of pyridine rings is 1. The molecule has 0 fully saturated rings. The molecule has 0 aliphatic heterocycles. The van der Waals surface area contributed by atoms with Crippen LogP contribution in [0.4, 0.5) is 5.95 Å². The van der Waals surface area contributed by atoms with Gasteiger partial charge in [-0.05, 0) is 19.1 Å². The number of nitrogens with one attached hydrogen (secondary N) is 1. The van der Waals surface area contributed by atoms with Gasteiger partial charge in [0.25, 0.3) is 0 Å². The molecule has 0 amide bonds. The summed E-state index contributed by atoms with van der Waals surface area (Å²) < 4.78 is 1.73. The molecule has 2 aromatic heterocycles. The predicted octanol–water partition coefficient (Wildman–Crippen LogP) is 0.853. The van der Waals surface area contributed by atoms with Crippen molar-refractivity contribution in [2.45, 2.75) is 13.0 Å². The average Bonchev–Trinajstić information content (AvgIpc) is 2.56. The molecule has 2 heterocycles. The van der Waals surface area contributed by atoms with Gasteiger partial charge in [-0.2, -0.15) is 0 Å². The monoisotopic (exact) mass is 220 g/mol. The SMILES string of the molecule is CC(Nc1nc2cccnc2n1C)C(=O)O. The van der Waals surface area contributed by atoms with Crippen LogP contribution in [0.5, 0.6) is 0 Å². The van der Waals surface area contributed by atoms with Gasteiger partial charge in [0.15, 0.2) is 5.65 Å². The molecule has 2 aromatic rings. The molecular weight excluding hydrogens is 208 g/mol. The van der Waals surface area contributed by atoms with E-state index in [1.807, 2.05) is 6.07 Å². The number of anilines is 1. The van der Waals surface area contributed by atoms with E-state index in [9.17, 15) is 4.79 Å². The molecule has 0 radical (unpaired) electrons. The van der Waals surface area contributed by atoms with E-state index in [0.29, 0.717) is 5.95 Å². The maximum Gasteiger partial charge on any atom is 0.325 e. The van der Waals surface area contributed by atoms with Crippen LogP contribution in [0.1, 0.15) is 6.92 Å². The molecular formula is C10H12N4O2. The van der Waals surface area contributed by atoms with Gasteiger partial charge in [0.2, 0.25) is 5.95 Å². The van der Waals surface area contributed by atoms with Crippen LogP contribution >= 0.6 is 0 Å². The van der Waals surface area contributed by atoms with E-state index in [4.69, 9.17) is 5.11 Å². The Morgan fingerprint density at radius 2 is 2.38 bits per heavy atom. The van der Waals surface area contributed by atoms with Gasteiger partial charge in [-0.25, -0.2) is 9.97 Å². The van der Waals surface area contributed by atoms with E-state index in [0.717, 1.165) is 11.2 Å². The van der Waals surface area contributed by atoms with Gasteiger partial charge in [0.1, 0.15) is 11.6 Å². The second-order valence-electron chi connectivity index (χ2n) is 3.54. The number of fused-ring (bicyclic) bond motifs is 1. The lowest BCUT2D eigenvalue weighted by Crippen LogP contribution is -2.26. The van der Waals surface area contributed by atoms with Crippen LogP contribution in [0.3, 0.4) is 0 Å². The summed E-state index contributed by atoms with van der Waals surface area (Å²) in [4.78, 5) is 19.1. The van der Waals surface area contributed by atoms with E-state index >= 15 is 0 Å². The Labute approximate surface area is 91.9 Å². The summed E-state index contributed by atoms with van der Waals surface area (Å²) >= 11 is 0. The first-order valence-corrected chi connectivity index (χ1v) is 4.86. The second kappa shape index (κ2) is 3.80. The van der Waals surface area contributed by atoms with Gasteiger partial charge < -0.3 is 10.4 Å². The van der Waals surface area contributed by atoms with Gasteiger partial charge in [-0.1, -0.05) is 0 Å². The summed E-state index contributed by atoms with van der Waals surface area (Å²) in [6, 6.07) is 2.94. The summed E-state index contributed by atoms with van der Waals surface area (Å²) in [5.74, 6) is -0.413. The fraction of sp³-hybridized carbons (Fsp3) is 0.300. The predicted molar refractivity (Wildman–Crippen MR) is 59.2 cm³/mol. The van der Waals surface area contributed by atoms with E-state index in [1.165, 1.54) is 0 Å². The van der Waals surface area contributed by atoms with Crippen LogP contribution in [-0.4, -0.2) is 31.7 Å². The highest BCUT2D eigenvalue weighted by Gasteiger charge is 2.14. The van der Waals surface area contributed by atoms with Gasteiger partial charge in [-0.15, -0.1) is 0 Å². The molecule has 2 N–H and O–H groups in total. The highest BCUT2D eigenvalue weighted by Crippen LogP contribution is 2.15. The highest BCUT2D eigenvalue weighted by atomic mass is 16.4. The fourth-order valence-corrected chi connectivity index (χ4v) is 1.41. The number of aryl methyl sites for hydroxylation is 1. The first kappa shape index (κ1) is 10.4. The van der Waals surface area contributed by atoms with Crippen molar-refractivity contribution in [2.75, 3.05) is 5.32 Å². The molecule has 1 unspecified atom stereocenters. The van der Waals surface area contributed by atoms with Crippen molar-refractivity contribution < 1.29 is 9.90 Å². The van der Waals surface area contributed by atoms with Crippen molar-refractivity contribution in [2.24, 2.45) is 7.05 Å². The van der Waals surface area contributed by atoms with Crippen molar-refractivity contribution in [3.05, 3.63) is 18.3 Å². The topological polar surface area (TPSA) is 80.0 Å². The van der Waals surface area contributed by atoms with Gasteiger partial charge >= 0.3 is 5.97 Å². The van der Waals surface area contributed by atoms with Gasteiger partial charge in [0, 0.05) is 13.2 Å². The van der Waals surface area contributed by atoms with Crippen LogP contribution in [0.15, 0.2) is 18.3 Å². The maximum absolute atomic E-state index is 10.7. The first-order chi connectivity index (χ1) is 7.59. The maximum atomic E-state index is 10.7.